The highest BCUT2D eigenvalue weighted by Gasteiger charge is 2.25. The van der Waals surface area contributed by atoms with Gasteiger partial charge in [-0.1, -0.05) is 42.8 Å². The first kappa shape index (κ1) is 15.1. The number of nitrogens with one attached hydrogen (secondary N) is 2. The van der Waals surface area contributed by atoms with Gasteiger partial charge < -0.3 is 5.43 Å². The van der Waals surface area contributed by atoms with Crippen molar-refractivity contribution >= 4 is 21.8 Å². The van der Waals surface area contributed by atoms with Crippen molar-refractivity contribution in [2.75, 3.05) is 0 Å². The molecule has 0 unspecified atom stereocenters. The summed E-state index contributed by atoms with van der Waals surface area (Å²) in [6, 6.07) is 7.31. The van der Waals surface area contributed by atoms with Crippen LogP contribution in [0.3, 0.4) is 0 Å². The summed E-state index contributed by atoms with van der Waals surface area (Å²) in [5, 5.41) is 0. The molecule has 2 rings (SSSR count). The predicted molar refractivity (Wildman–Crippen MR) is 85.0 cm³/mol. The maximum atomic E-state index is 12.0. The molecule has 4 heteroatoms. The summed E-state index contributed by atoms with van der Waals surface area (Å²) in [5.41, 5.74) is 7.77. The summed E-state index contributed by atoms with van der Waals surface area (Å²) in [7, 11) is 0. The quantitative estimate of drug-likeness (QED) is 0.818. The molecule has 1 aliphatic carbocycles. The number of hydrogen-bond donors (Lipinski definition) is 2. The van der Waals surface area contributed by atoms with Crippen molar-refractivity contribution in [1.82, 2.24) is 10.9 Å². The molecule has 1 aromatic carbocycles. The zero-order valence-electron chi connectivity index (χ0n) is 12.2. The van der Waals surface area contributed by atoms with Crippen LogP contribution in [0.2, 0.25) is 0 Å². The molecule has 0 aromatic heterocycles. The lowest BCUT2D eigenvalue weighted by Crippen LogP contribution is -2.39. The van der Waals surface area contributed by atoms with E-state index in [0.29, 0.717) is 11.5 Å². The Morgan fingerprint density at radius 3 is 2.55 bits per heavy atom. The van der Waals surface area contributed by atoms with Crippen LogP contribution in [-0.4, -0.2) is 5.91 Å². The molecule has 0 radical (unpaired) electrons. The smallest absolute Gasteiger partial charge is 0.269 e. The first-order valence-corrected chi connectivity index (χ1v) is 7.69. The fourth-order valence-corrected chi connectivity index (χ4v) is 3.10. The molecule has 1 atom stereocenters. The maximum Gasteiger partial charge on any atom is 0.269 e. The zero-order valence-corrected chi connectivity index (χ0v) is 13.8. The van der Waals surface area contributed by atoms with Gasteiger partial charge in [0.25, 0.3) is 5.91 Å². The van der Waals surface area contributed by atoms with Gasteiger partial charge in [-0.2, -0.15) is 0 Å². The number of carbonyl (C=O) groups is 1. The molecule has 0 saturated carbocycles. The summed E-state index contributed by atoms with van der Waals surface area (Å²) in [5.74, 6) is 0.511. The Hall–Kier alpha value is -1.29. The molecular weight excluding hydrogens is 316 g/mol. The van der Waals surface area contributed by atoms with Gasteiger partial charge in [0.1, 0.15) is 0 Å². The van der Waals surface area contributed by atoms with Crippen molar-refractivity contribution in [2.24, 2.45) is 11.3 Å². The maximum absolute atomic E-state index is 12.0. The minimum atomic E-state index is -0.116. The Morgan fingerprint density at radius 2 is 1.95 bits per heavy atom. The molecule has 0 bridgehead atoms. The molecule has 2 N–H and O–H groups in total. The van der Waals surface area contributed by atoms with E-state index in [1.54, 1.807) is 12.1 Å². The molecule has 3 nitrogen and oxygen atoms in total. The van der Waals surface area contributed by atoms with Gasteiger partial charge in [-0.3, -0.25) is 10.2 Å². The highest BCUT2D eigenvalue weighted by molar-refractivity contribution is 9.10. The number of allylic oxidation sites excluding steroid dienone is 2. The highest BCUT2D eigenvalue weighted by Crippen LogP contribution is 2.35. The van der Waals surface area contributed by atoms with Crippen molar-refractivity contribution in [3.8, 4) is 0 Å². The zero-order chi connectivity index (χ0) is 14.8. The van der Waals surface area contributed by atoms with Crippen LogP contribution in [0.1, 0.15) is 44.0 Å². The second-order valence-electron chi connectivity index (χ2n) is 6.26. The van der Waals surface area contributed by atoms with Gasteiger partial charge in [0.15, 0.2) is 0 Å². The molecule has 0 saturated heterocycles. The largest absolute Gasteiger partial charge is 0.303 e. The van der Waals surface area contributed by atoms with Gasteiger partial charge in [0, 0.05) is 15.7 Å². The monoisotopic (exact) mass is 336 g/mol. The molecule has 1 aliphatic rings. The first-order chi connectivity index (χ1) is 9.35. The third kappa shape index (κ3) is 4.10. The van der Waals surface area contributed by atoms with Gasteiger partial charge in [-0.15, -0.1) is 0 Å². The fraction of sp³-hybridized carbons (Fsp3) is 0.438. The number of benzene rings is 1. The second-order valence-corrected chi connectivity index (χ2v) is 7.17. The molecule has 108 valence electrons. The van der Waals surface area contributed by atoms with E-state index < -0.39 is 0 Å². The van der Waals surface area contributed by atoms with E-state index >= 15 is 0 Å². The van der Waals surface area contributed by atoms with Crippen molar-refractivity contribution < 1.29 is 4.79 Å². The molecule has 1 aromatic rings. The lowest BCUT2D eigenvalue weighted by molar-refractivity contribution is 0.0936. The summed E-state index contributed by atoms with van der Waals surface area (Å²) in [6.07, 6.45) is 4.37. The number of carbonyl (C=O) groups excluding carboxylic acids is 1. The van der Waals surface area contributed by atoms with Crippen LogP contribution in [-0.2, 0) is 0 Å². The van der Waals surface area contributed by atoms with Gasteiger partial charge >= 0.3 is 0 Å². The van der Waals surface area contributed by atoms with E-state index in [1.165, 1.54) is 6.42 Å². The van der Waals surface area contributed by atoms with E-state index in [9.17, 15) is 4.79 Å². The van der Waals surface area contributed by atoms with E-state index in [0.717, 1.165) is 16.6 Å². The predicted octanol–water partition coefficient (Wildman–Crippen LogP) is 4.02. The number of hydrazine groups is 1. The first-order valence-electron chi connectivity index (χ1n) is 6.89. The van der Waals surface area contributed by atoms with E-state index in [1.807, 2.05) is 12.1 Å². The average Bonchev–Trinajstić information content (AvgIpc) is 2.34. The van der Waals surface area contributed by atoms with Gasteiger partial charge in [-0.25, -0.2) is 0 Å². The van der Waals surface area contributed by atoms with Crippen LogP contribution < -0.4 is 10.9 Å². The van der Waals surface area contributed by atoms with Crippen LogP contribution in [0.5, 0.6) is 0 Å². The van der Waals surface area contributed by atoms with Crippen LogP contribution in [0, 0.1) is 11.3 Å². The minimum Gasteiger partial charge on any atom is -0.303 e. The van der Waals surface area contributed by atoms with Crippen molar-refractivity contribution in [1.29, 1.82) is 0 Å². The summed E-state index contributed by atoms with van der Waals surface area (Å²) < 4.78 is 0.965. The standard InChI is InChI=1S/C16H21BrN2O/c1-11-8-14(10-16(2,3)9-11)18-19-15(20)12-4-6-13(17)7-5-12/h4-7,10-11,18H,8-9H2,1-3H3,(H,19,20)/t11-/m1/s1. The number of hydrogen-bond acceptors (Lipinski definition) is 2. The lowest BCUT2D eigenvalue weighted by Gasteiger charge is -2.32. The summed E-state index contributed by atoms with van der Waals surface area (Å²) >= 11 is 3.36. The van der Waals surface area contributed by atoms with Crippen molar-refractivity contribution in [2.45, 2.75) is 33.6 Å². The van der Waals surface area contributed by atoms with Gasteiger partial charge in [0.2, 0.25) is 0 Å². The van der Waals surface area contributed by atoms with E-state index in [-0.39, 0.29) is 11.3 Å². The third-order valence-electron chi connectivity index (χ3n) is 3.45. The van der Waals surface area contributed by atoms with Crippen molar-refractivity contribution in [3.05, 3.63) is 46.1 Å². The number of rotatable bonds is 3. The van der Waals surface area contributed by atoms with Crippen LogP contribution in [0.25, 0.3) is 0 Å². The van der Waals surface area contributed by atoms with E-state index in [2.05, 4.69) is 53.6 Å². The Morgan fingerprint density at radius 1 is 1.30 bits per heavy atom. The van der Waals surface area contributed by atoms with Gasteiger partial charge in [0.05, 0.1) is 0 Å². The Balaban J connectivity index is 1.96. The van der Waals surface area contributed by atoms with Crippen LogP contribution in [0.4, 0.5) is 0 Å². The Kier molecular flexibility index (Phi) is 4.53. The molecule has 0 aliphatic heterocycles. The van der Waals surface area contributed by atoms with Gasteiger partial charge in [-0.05, 0) is 48.4 Å². The third-order valence-corrected chi connectivity index (χ3v) is 3.98. The molecule has 0 spiro atoms. The van der Waals surface area contributed by atoms with Crippen molar-refractivity contribution in [3.63, 3.8) is 0 Å². The molecule has 0 fully saturated rings. The van der Waals surface area contributed by atoms with E-state index in [4.69, 9.17) is 0 Å². The Labute approximate surface area is 128 Å². The second kappa shape index (κ2) is 6.00. The molecule has 1 amide bonds. The highest BCUT2D eigenvalue weighted by atomic mass is 79.9. The van der Waals surface area contributed by atoms with Crippen LogP contribution >= 0.6 is 15.9 Å². The summed E-state index contributed by atoms with van der Waals surface area (Å²) in [6.45, 7) is 6.69. The fourth-order valence-electron chi connectivity index (χ4n) is 2.83. The molecular formula is C16H21BrN2O. The molecule has 0 heterocycles. The number of halogens is 1. The lowest BCUT2D eigenvalue weighted by atomic mass is 9.76. The minimum absolute atomic E-state index is 0.116. The molecule has 20 heavy (non-hydrogen) atoms. The topological polar surface area (TPSA) is 41.1 Å². The summed E-state index contributed by atoms with van der Waals surface area (Å²) in [4.78, 5) is 12.0. The normalized spacial score (nSPS) is 21.0. The SMILES string of the molecule is C[C@@H]1CC(NNC(=O)c2ccc(Br)cc2)=CC(C)(C)C1. The van der Waals surface area contributed by atoms with Crippen LogP contribution in [0.15, 0.2) is 40.5 Å². The number of amides is 1. The average molecular weight is 337 g/mol. The Bertz CT molecular complexity index is 520.